The number of β-amino-alcohol motifs (C(OH)–C–C–N with tert-alkyl or cyclic N) is 1. The zero-order valence-corrected chi connectivity index (χ0v) is 10.2. The molecule has 18 heavy (non-hydrogen) atoms. The SMILES string of the molecule is N[C@@H]1CN(Cc2ccc3ncccc3c2)C[C@H]1O. The Balaban J connectivity index is 1.79. The fraction of sp³-hybridized carbons (Fsp3) is 0.357. The normalized spacial score (nSPS) is 24.8. The van der Waals surface area contributed by atoms with E-state index in [2.05, 4.69) is 28.1 Å². The van der Waals surface area contributed by atoms with Crippen LogP contribution in [0.3, 0.4) is 0 Å². The minimum Gasteiger partial charge on any atom is -0.390 e. The molecule has 4 nitrogen and oxygen atoms in total. The number of aliphatic hydroxyl groups is 1. The van der Waals surface area contributed by atoms with Gasteiger partial charge in [-0.25, -0.2) is 0 Å². The van der Waals surface area contributed by atoms with Crippen LogP contribution in [0, 0.1) is 0 Å². The number of pyridine rings is 1. The Morgan fingerprint density at radius 1 is 1.33 bits per heavy atom. The van der Waals surface area contributed by atoms with E-state index in [0.717, 1.165) is 24.0 Å². The molecule has 1 aromatic carbocycles. The second kappa shape index (κ2) is 4.65. The van der Waals surface area contributed by atoms with Crippen LogP contribution in [0.15, 0.2) is 36.5 Å². The highest BCUT2D eigenvalue weighted by atomic mass is 16.3. The molecular formula is C14H17N3O. The molecule has 2 atom stereocenters. The predicted molar refractivity (Wildman–Crippen MR) is 71.0 cm³/mol. The number of aromatic nitrogens is 1. The van der Waals surface area contributed by atoms with Gasteiger partial charge in [0.1, 0.15) is 0 Å². The van der Waals surface area contributed by atoms with Crippen LogP contribution in [0.5, 0.6) is 0 Å². The van der Waals surface area contributed by atoms with Crippen molar-refractivity contribution in [2.45, 2.75) is 18.7 Å². The highest BCUT2D eigenvalue weighted by molar-refractivity contribution is 5.78. The molecule has 1 fully saturated rings. The van der Waals surface area contributed by atoms with E-state index in [9.17, 15) is 5.11 Å². The number of hydrogen-bond acceptors (Lipinski definition) is 4. The Kier molecular flexibility index (Phi) is 2.99. The lowest BCUT2D eigenvalue weighted by Gasteiger charge is -2.15. The summed E-state index contributed by atoms with van der Waals surface area (Å²) in [5.41, 5.74) is 8.06. The van der Waals surface area contributed by atoms with Crippen molar-refractivity contribution in [3.05, 3.63) is 42.1 Å². The third-order valence-electron chi connectivity index (χ3n) is 3.48. The quantitative estimate of drug-likeness (QED) is 0.816. The molecule has 0 spiro atoms. The van der Waals surface area contributed by atoms with Crippen LogP contribution in [0.25, 0.3) is 10.9 Å². The van der Waals surface area contributed by atoms with Gasteiger partial charge in [-0.3, -0.25) is 9.88 Å². The zero-order valence-electron chi connectivity index (χ0n) is 10.2. The van der Waals surface area contributed by atoms with E-state index < -0.39 is 6.10 Å². The molecular weight excluding hydrogens is 226 g/mol. The van der Waals surface area contributed by atoms with Gasteiger partial charge >= 0.3 is 0 Å². The Hall–Kier alpha value is -1.49. The van der Waals surface area contributed by atoms with Crippen LogP contribution in [0.4, 0.5) is 0 Å². The average molecular weight is 243 g/mol. The van der Waals surface area contributed by atoms with Crippen molar-refractivity contribution in [2.75, 3.05) is 13.1 Å². The summed E-state index contributed by atoms with van der Waals surface area (Å²) in [5, 5.41) is 10.8. The molecule has 0 aliphatic carbocycles. The highest BCUT2D eigenvalue weighted by Crippen LogP contribution is 2.17. The van der Waals surface area contributed by atoms with Gasteiger partial charge in [0.15, 0.2) is 0 Å². The Morgan fingerprint density at radius 2 is 2.22 bits per heavy atom. The summed E-state index contributed by atoms with van der Waals surface area (Å²) in [6.07, 6.45) is 1.41. The van der Waals surface area contributed by atoms with Crippen LogP contribution in [0.2, 0.25) is 0 Å². The summed E-state index contributed by atoms with van der Waals surface area (Å²) in [5.74, 6) is 0. The molecule has 0 unspecified atom stereocenters. The largest absolute Gasteiger partial charge is 0.390 e. The van der Waals surface area contributed by atoms with Gasteiger partial charge in [-0.2, -0.15) is 0 Å². The number of nitrogens with zero attached hydrogens (tertiary/aromatic N) is 2. The van der Waals surface area contributed by atoms with E-state index in [-0.39, 0.29) is 6.04 Å². The lowest BCUT2D eigenvalue weighted by Crippen LogP contribution is -2.32. The van der Waals surface area contributed by atoms with Gasteiger partial charge < -0.3 is 10.8 Å². The minimum absolute atomic E-state index is 0.118. The monoisotopic (exact) mass is 243 g/mol. The lowest BCUT2D eigenvalue weighted by atomic mass is 10.1. The van der Waals surface area contributed by atoms with Crippen LogP contribution >= 0.6 is 0 Å². The van der Waals surface area contributed by atoms with Crippen molar-refractivity contribution in [2.24, 2.45) is 5.73 Å². The Labute approximate surface area is 106 Å². The second-order valence-electron chi connectivity index (χ2n) is 4.96. The summed E-state index contributed by atoms with van der Waals surface area (Å²) >= 11 is 0. The molecule has 0 bridgehead atoms. The zero-order chi connectivity index (χ0) is 12.5. The van der Waals surface area contributed by atoms with Crippen molar-refractivity contribution >= 4 is 10.9 Å². The standard InChI is InChI=1S/C14H17N3O/c15-12-8-17(9-14(12)18)7-10-3-4-13-11(6-10)2-1-5-16-13/h1-6,12,14,18H,7-9,15H2/t12-,14-/m1/s1. The van der Waals surface area contributed by atoms with E-state index in [4.69, 9.17) is 5.73 Å². The molecule has 3 N–H and O–H groups in total. The molecule has 0 radical (unpaired) electrons. The van der Waals surface area contributed by atoms with Gasteiger partial charge in [0.2, 0.25) is 0 Å². The van der Waals surface area contributed by atoms with Gasteiger partial charge in [-0.1, -0.05) is 12.1 Å². The van der Waals surface area contributed by atoms with Crippen molar-refractivity contribution in [1.82, 2.24) is 9.88 Å². The molecule has 0 amide bonds. The third-order valence-corrected chi connectivity index (χ3v) is 3.48. The molecule has 1 saturated heterocycles. The maximum Gasteiger partial charge on any atom is 0.0830 e. The fourth-order valence-corrected chi connectivity index (χ4v) is 2.51. The summed E-state index contributed by atoms with van der Waals surface area (Å²) in [6.45, 7) is 2.24. The molecule has 0 saturated carbocycles. The Bertz CT molecular complexity index is 547. The summed E-state index contributed by atoms with van der Waals surface area (Å²) in [6, 6.07) is 10.2. The number of likely N-dealkylation sites (tertiary alicyclic amines) is 1. The predicted octanol–water partition coefficient (Wildman–Crippen LogP) is 0.739. The number of benzene rings is 1. The van der Waals surface area contributed by atoms with Gasteiger partial charge in [0.25, 0.3) is 0 Å². The third kappa shape index (κ3) is 2.22. The van der Waals surface area contributed by atoms with Crippen LogP contribution in [-0.2, 0) is 6.54 Å². The molecule has 3 rings (SSSR count). The van der Waals surface area contributed by atoms with Crippen LogP contribution < -0.4 is 5.73 Å². The molecule has 1 aromatic heterocycles. The maximum absolute atomic E-state index is 9.64. The van der Waals surface area contributed by atoms with E-state index in [1.807, 2.05) is 12.1 Å². The molecule has 94 valence electrons. The fourth-order valence-electron chi connectivity index (χ4n) is 2.51. The average Bonchev–Trinajstić information content (AvgIpc) is 2.68. The van der Waals surface area contributed by atoms with E-state index in [1.54, 1.807) is 6.20 Å². The number of nitrogens with two attached hydrogens (primary N) is 1. The lowest BCUT2D eigenvalue weighted by molar-refractivity contribution is 0.164. The van der Waals surface area contributed by atoms with Crippen molar-refractivity contribution in [1.29, 1.82) is 0 Å². The summed E-state index contributed by atoms with van der Waals surface area (Å²) in [4.78, 5) is 6.49. The molecule has 1 aliphatic rings. The smallest absolute Gasteiger partial charge is 0.0830 e. The maximum atomic E-state index is 9.64. The second-order valence-corrected chi connectivity index (χ2v) is 4.96. The first-order chi connectivity index (χ1) is 8.72. The summed E-state index contributed by atoms with van der Waals surface area (Å²) in [7, 11) is 0. The number of rotatable bonds is 2. The molecule has 2 aromatic rings. The van der Waals surface area contributed by atoms with Crippen LogP contribution in [-0.4, -0.2) is 40.2 Å². The number of aliphatic hydroxyl groups excluding tert-OH is 1. The number of fused-ring (bicyclic) bond motifs is 1. The number of hydrogen-bond donors (Lipinski definition) is 2. The van der Waals surface area contributed by atoms with Crippen molar-refractivity contribution in [3.63, 3.8) is 0 Å². The van der Waals surface area contributed by atoms with Crippen LogP contribution in [0.1, 0.15) is 5.56 Å². The van der Waals surface area contributed by atoms with Crippen molar-refractivity contribution in [3.8, 4) is 0 Å². The molecule has 4 heteroatoms. The minimum atomic E-state index is -0.396. The van der Waals surface area contributed by atoms with Gasteiger partial charge in [-0.15, -0.1) is 0 Å². The topological polar surface area (TPSA) is 62.4 Å². The van der Waals surface area contributed by atoms with E-state index in [1.165, 1.54) is 5.56 Å². The first-order valence-corrected chi connectivity index (χ1v) is 6.22. The van der Waals surface area contributed by atoms with Crippen molar-refractivity contribution < 1.29 is 5.11 Å². The molecule has 2 heterocycles. The summed E-state index contributed by atoms with van der Waals surface area (Å²) < 4.78 is 0. The van der Waals surface area contributed by atoms with E-state index >= 15 is 0 Å². The molecule has 1 aliphatic heterocycles. The Morgan fingerprint density at radius 3 is 3.00 bits per heavy atom. The van der Waals surface area contributed by atoms with Gasteiger partial charge in [0, 0.05) is 37.3 Å². The van der Waals surface area contributed by atoms with E-state index in [0.29, 0.717) is 6.54 Å². The first-order valence-electron chi connectivity index (χ1n) is 6.22. The van der Waals surface area contributed by atoms with Gasteiger partial charge in [0.05, 0.1) is 11.6 Å². The van der Waals surface area contributed by atoms with Gasteiger partial charge in [-0.05, 0) is 23.8 Å². The first kappa shape index (κ1) is 11.6. The highest BCUT2D eigenvalue weighted by Gasteiger charge is 2.27.